The summed E-state index contributed by atoms with van der Waals surface area (Å²) >= 11 is 0. The zero-order chi connectivity index (χ0) is 12.2. The SMILES string of the molecule is CC(C)(C)NC(=O)[C@H](N)Cc1ccccc1. The summed E-state index contributed by atoms with van der Waals surface area (Å²) in [6, 6.07) is 9.31. The fourth-order valence-electron chi connectivity index (χ4n) is 1.42. The summed E-state index contributed by atoms with van der Waals surface area (Å²) in [5.74, 6) is -0.101. The molecule has 1 amide bonds. The fraction of sp³-hybridized carbons (Fsp3) is 0.462. The molecular formula is C13H20N2O. The average Bonchev–Trinajstić information content (AvgIpc) is 2.16. The summed E-state index contributed by atoms with van der Waals surface area (Å²) < 4.78 is 0. The number of amides is 1. The van der Waals surface area contributed by atoms with E-state index in [0.29, 0.717) is 6.42 Å². The molecule has 3 heteroatoms. The van der Waals surface area contributed by atoms with Gasteiger partial charge in [-0.15, -0.1) is 0 Å². The molecule has 1 aromatic rings. The first-order chi connectivity index (χ1) is 7.38. The van der Waals surface area contributed by atoms with E-state index in [1.54, 1.807) is 0 Å². The second-order valence-electron chi connectivity index (χ2n) is 5.04. The Morgan fingerprint density at radius 1 is 1.31 bits per heavy atom. The normalized spacial score (nSPS) is 13.2. The zero-order valence-corrected chi connectivity index (χ0v) is 10.2. The van der Waals surface area contributed by atoms with E-state index < -0.39 is 6.04 Å². The fourth-order valence-corrected chi connectivity index (χ4v) is 1.42. The molecule has 3 N–H and O–H groups in total. The predicted octanol–water partition coefficient (Wildman–Crippen LogP) is 1.47. The number of hydrogen-bond acceptors (Lipinski definition) is 2. The molecule has 16 heavy (non-hydrogen) atoms. The lowest BCUT2D eigenvalue weighted by Gasteiger charge is -2.23. The van der Waals surface area contributed by atoms with Crippen LogP contribution >= 0.6 is 0 Å². The Morgan fingerprint density at radius 2 is 1.88 bits per heavy atom. The van der Waals surface area contributed by atoms with Gasteiger partial charge in [0.2, 0.25) is 5.91 Å². The van der Waals surface area contributed by atoms with Crippen molar-refractivity contribution >= 4 is 5.91 Å². The standard InChI is InChI=1S/C13H20N2O/c1-13(2,3)15-12(16)11(14)9-10-7-5-4-6-8-10/h4-8,11H,9,14H2,1-3H3,(H,15,16)/t11-/m1/s1. The Labute approximate surface area is 97.0 Å². The molecule has 0 radical (unpaired) electrons. The Balaban J connectivity index is 2.53. The van der Waals surface area contributed by atoms with E-state index >= 15 is 0 Å². The van der Waals surface area contributed by atoms with Crippen LogP contribution in [0.1, 0.15) is 26.3 Å². The van der Waals surface area contributed by atoms with Crippen LogP contribution in [0, 0.1) is 0 Å². The molecule has 0 aliphatic rings. The molecule has 0 aliphatic heterocycles. The molecule has 0 saturated heterocycles. The van der Waals surface area contributed by atoms with Gasteiger partial charge < -0.3 is 11.1 Å². The lowest BCUT2D eigenvalue weighted by molar-refractivity contribution is -0.123. The number of nitrogens with two attached hydrogens (primary N) is 1. The van der Waals surface area contributed by atoms with Crippen molar-refractivity contribution in [3.8, 4) is 0 Å². The predicted molar refractivity (Wildman–Crippen MR) is 66.0 cm³/mol. The highest BCUT2D eigenvalue weighted by molar-refractivity contribution is 5.82. The van der Waals surface area contributed by atoms with Gasteiger partial charge in [0.1, 0.15) is 0 Å². The molecule has 1 aromatic carbocycles. The first-order valence-corrected chi connectivity index (χ1v) is 5.50. The molecule has 88 valence electrons. The number of carbonyl (C=O) groups is 1. The minimum Gasteiger partial charge on any atom is -0.350 e. The molecule has 0 spiro atoms. The topological polar surface area (TPSA) is 55.1 Å². The van der Waals surface area contributed by atoms with Crippen molar-refractivity contribution in [3.63, 3.8) is 0 Å². The van der Waals surface area contributed by atoms with E-state index in [0.717, 1.165) is 5.56 Å². The molecule has 0 aromatic heterocycles. The van der Waals surface area contributed by atoms with Crippen molar-refractivity contribution in [2.75, 3.05) is 0 Å². The maximum Gasteiger partial charge on any atom is 0.237 e. The van der Waals surface area contributed by atoms with E-state index in [-0.39, 0.29) is 11.4 Å². The molecular weight excluding hydrogens is 200 g/mol. The van der Waals surface area contributed by atoms with E-state index in [2.05, 4.69) is 5.32 Å². The quantitative estimate of drug-likeness (QED) is 0.810. The van der Waals surface area contributed by atoms with Gasteiger partial charge in [0, 0.05) is 5.54 Å². The Kier molecular flexibility index (Phi) is 4.07. The molecule has 0 aliphatic carbocycles. The molecule has 0 bridgehead atoms. The van der Waals surface area contributed by atoms with Crippen LogP contribution in [0.3, 0.4) is 0 Å². The number of nitrogens with one attached hydrogen (secondary N) is 1. The summed E-state index contributed by atoms with van der Waals surface area (Å²) in [7, 11) is 0. The van der Waals surface area contributed by atoms with Crippen molar-refractivity contribution in [1.82, 2.24) is 5.32 Å². The Morgan fingerprint density at radius 3 is 2.38 bits per heavy atom. The highest BCUT2D eigenvalue weighted by Crippen LogP contribution is 2.04. The van der Waals surface area contributed by atoms with Crippen LogP contribution in [0.5, 0.6) is 0 Å². The maximum absolute atomic E-state index is 11.7. The van der Waals surface area contributed by atoms with E-state index in [1.165, 1.54) is 0 Å². The van der Waals surface area contributed by atoms with Gasteiger partial charge in [-0.05, 0) is 32.8 Å². The third-order valence-corrected chi connectivity index (χ3v) is 2.13. The minimum atomic E-state index is -0.485. The van der Waals surface area contributed by atoms with Gasteiger partial charge in [0.15, 0.2) is 0 Å². The lowest BCUT2D eigenvalue weighted by atomic mass is 10.0. The van der Waals surface area contributed by atoms with Gasteiger partial charge in [-0.1, -0.05) is 30.3 Å². The van der Waals surface area contributed by atoms with Crippen LogP contribution in [-0.4, -0.2) is 17.5 Å². The highest BCUT2D eigenvalue weighted by atomic mass is 16.2. The van der Waals surface area contributed by atoms with Crippen molar-refractivity contribution in [2.45, 2.75) is 38.8 Å². The number of carbonyl (C=O) groups excluding carboxylic acids is 1. The van der Waals surface area contributed by atoms with Crippen LogP contribution < -0.4 is 11.1 Å². The summed E-state index contributed by atoms with van der Waals surface area (Å²) in [6.07, 6.45) is 0.572. The molecule has 1 atom stereocenters. The van der Waals surface area contributed by atoms with Crippen molar-refractivity contribution in [3.05, 3.63) is 35.9 Å². The van der Waals surface area contributed by atoms with E-state index in [1.807, 2.05) is 51.1 Å². The van der Waals surface area contributed by atoms with Crippen molar-refractivity contribution in [1.29, 1.82) is 0 Å². The van der Waals surface area contributed by atoms with Gasteiger partial charge in [0.05, 0.1) is 6.04 Å². The molecule has 0 heterocycles. The number of benzene rings is 1. The molecule has 1 rings (SSSR count). The van der Waals surface area contributed by atoms with Crippen LogP contribution in [0.15, 0.2) is 30.3 Å². The largest absolute Gasteiger partial charge is 0.350 e. The minimum absolute atomic E-state index is 0.101. The number of rotatable bonds is 3. The molecule has 0 saturated carbocycles. The summed E-state index contributed by atoms with van der Waals surface area (Å²) in [4.78, 5) is 11.7. The number of hydrogen-bond donors (Lipinski definition) is 2. The van der Waals surface area contributed by atoms with Crippen LogP contribution in [0.4, 0.5) is 0 Å². The van der Waals surface area contributed by atoms with Crippen LogP contribution in [-0.2, 0) is 11.2 Å². The third kappa shape index (κ3) is 4.45. The molecule has 0 fully saturated rings. The van der Waals surface area contributed by atoms with Gasteiger partial charge >= 0.3 is 0 Å². The summed E-state index contributed by atoms with van der Waals surface area (Å²) in [5, 5.41) is 2.88. The summed E-state index contributed by atoms with van der Waals surface area (Å²) in [5.41, 5.74) is 6.70. The van der Waals surface area contributed by atoms with E-state index in [4.69, 9.17) is 5.73 Å². The van der Waals surface area contributed by atoms with Gasteiger partial charge in [-0.2, -0.15) is 0 Å². The highest BCUT2D eigenvalue weighted by Gasteiger charge is 2.19. The second-order valence-corrected chi connectivity index (χ2v) is 5.04. The summed E-state index contributed by atoms with van der Waals surface area (Å²) in [6.45, 7) is 5.83. The van der Waals surface area contributed by atoms with Gasteiger partial charge in [-0.25, -0.2) is 0 Å². The molecule has 0 unspecified atom stereocenters. The lowest BCUT2D eigenvalue weighted by Crippen LogP contribution is -2.49. The zero-order valence-electron chi connectivity index (χ0n) is 10.2. The monoisotopic (exact) mass is 220 g/mol. The first kappa shape index (κ1) is 12.7. The maximum atomic E-state index is 11.7. The second kappa shape index (κ2) is 5.12. The molecule has 3 nitrogen and oxygen atoms in total. The average molecular weight is 220 g/mol. The smallest absolute Gasteiger partial charge is 0.237 e. The van der Waals surface area contributed by atoms with Crippen molar-refractivity contribution < 1.29 is 4.79 Å². The van der Waals surface area contributed by atoms with Crippen LogP contribution in [0.2, 0.25) is 0 Å². The van der Waals surface area contributed by atoms with Gasteiger partial charge in [0.25, 0.3) is 0 Å². The van der Waals surface area contributed by atoms with Crippen molar-refractivity contribution in [2.24, 2.45) is 5.73 Å². The first-order valence-electron chi connectivity index (χ1n) is 5.50. The Bertz CT molecular complexity index is 341. The third-order valence-electron chi connectivity index (χ3n) is 2.13. The Hall–Kier alpha value is -1.35. The van der Waals surface area contributed by atoms with E-state index in [9.17, 15) is 4.79 Å². The van der Waals surface area contributed by atoms with Gasteiger partial charge in [-0.3, -0.25) is 4.79 Å². The van der Waals surface area contributed by atoms with Crippen LogP contribution in [0.25, 0.3) is 0 Å².